The molecule has 5 aliphatic rings. The Hall–Kier alpha value is -0.710. The van der Waals surface area contributed by atoms with E-state index in [0.29, 0.717) is 50.4 Å². The number of hydrogen-bond donors (Lipinski definition) is 8. The van der Waals surface area contributed by atoms with Crippen LogP contribution in [0.3, 0.4) is 0 Å². The number of ether oxygens (including phenoxy) is 1. The van der Waals surface area contributed by atoms with Crippen molar-refractivity contribution in [3.05, 3.63) is 0 Å². The first-order valence-electron chi connectivity index (χ1n) is 17.5. The number of aliphatic hydroxyl groups excluding tert-OH is 5. The highest BCUT2D eigenvalue weighted by Crippen LogP contribution is 2.55. The second kappa shape index (κ2) is 16.8. The zero-order chi connectivity index (χ0) is 32.8. The van der Waals surface area contributed by atoms with Crippen molar-refractivity contribution >= 4 is 17.5 Å². The monoisotopic (exact) mass is 677 g/mol. The van der Waals surface area contributed by atoms with E-state index in [9.17, 15) is 25.2 Å². The zero-order valence-corrected chi connectivity index (χ0v) is 27.7. The van der Waals surface area contributed by atoms with E-state index < -0.39 is 37.2 Å². The Labute approximate surface area is 277 Å². The molecule has 0 bridgehead atoms. The number of nitrogens with one attached hydrogen (secondary N) is 3. The van der Waals surface area contributed by atoms with Crippen molar-refractivity contribution in [1.82, 2.24) is 25.8 Å². The first-order chi connectivity index (χ1) is 22.1. The third-order valence-corrected chi connectivity index (χ3v) is 11.9. The summed E-state index contributed by atoms with van der Waals surface area (Å²) in [6, 6.07) is 0. The number of alkyl halides is 2. The molecular weight excluding hydrogens is 621 g/mol. The molecular formula is C32H57ClFN5O7. The highest BCUT2D eigenvalue weighted by molar-refractivity contribution is 6.21. The minimum Gasteiger partial charge on any atom is -0.394 e. The van der Waals surface area contributed by atoms with Crippen LogP contribution in [0.4, 0.5) is 4.39 Å². The standard InChI is InChI=1S/C32H57ClFN5O7/c33-23-14-36-31(37-15-23)38-8-6-32(7-9-38)5-3-22(32)4-10-46-24-2-1-21(25(34)12-24)11-28(43)39-17-20(18-39)13-35-16-26(41)29(44)30(45)27(42)19-40/h20-27,29-31,35-37,40-42,44-45H,1-19H2/t21?,22?,23?,24?,25?,26-,27+,29+,30+,31?/m0/s1. The van der Waals surface area contributed by atoms with Gasteiger partial charge in [0.25, 0.3) is 0 Å². The van der Waals surface area contributed by atoms with Gasteiger partial charge in [-0.1, -0.05) is 0 Å². The Bertz CT molecular complexity index is 954. The van der Waals surface area contributed by atoms with Crippen molar-refractivity contribution in [2.75, 3.05) is 65.6 Å². The minimum atomic E-state index is -1.66. The molecule has 1 spiro atoms. The topological polar surface area (TPSA) is 170 Å². The number of likely N-dealkylation sites (tertiary alicyclic amines) is 2. The predicted molar refractivity (Wildman–Crippen MR) is 171 cm³/mol. The summed E-state index contributed by atoms with van der Waals surface area (Å²) >= 11 is 6.20. The fourth-order valence-electron chi connectivity index (χ4n) is 8.25. The second-order valence-electron chi connectivity index (χ2n) is 14.6. The maximum absolute atomic E-state index is 15.1. The van der Waals surface area contributed by atoms with Gasteiger partial charge in [-0.05, 0) is 62.2 Å². The fraction of sp³-hybridized carbons (Fsp3) is 0.969. The molecule has 12 nitrogen and oxygen atoms in total. The fourth-order valence-corrected chi connectivity index (χ4v) is 8.43. The molecule has 5 rings (SSSR count). The summed E-state index contributed by atoms with van der Waals surface area (Å²) in [6.45, 7) is 5.42. The van der Waals surface area contributed by atoms with Gasteiger partial charge in [0.2, 0.25) is 5.91 Å². The quantitative estimate of drug-likeness (QED) is 0.104. The van der Waals surface area contributed by atoms with Gasteiger partial charge in [0.05, 0.1) is 24.2 Å². The summed E-state index contributed by atoms with van der Waals surface area (Å²) in [5.74, 6) is 0.569. The maximum atomic E-state index is 15.1. The molecule has 266 valence electrons. The third kappa shape index (κ3) is 9.09. The smallest absolute Gasteiger partial charge is 0.222 e. The zero-order valence-electron chi connectivity index (χ0n) is 27.0. The number of amides is 1. The molecule has 3 aliphatic heterocycles. The number of piperidine rings is 1. The number of carbonyl (C=O) groups excluding carboxylic acids is 1. The molecule has 2 aliphatic carbocycles. The average Bonchev–Trinajstić information content (AvgIpc) is 3.03. The van der Waals surface area contributed by atoms with Gasteiger partial charge in [0, 0.05) is 77.7 Å². The summed E-state index contributed by atoms with van der Waals surface area (Å²) in [7, 11) is 0. The summed E-state index contributed by atoms with van der Waals surface area (Å²) < 4.78 is 21.4. The van der Waals surface area contributed by atoms with Gasteiger partial charge >= 0.3 is 0 Å². The summed E-state index contributed by atoms with van der Waals surface area (Å²) in [4.78, 5) is 17.1. The van der Waals surface area contributed by atoms with Crippen LogP contribution in [0, 0.1) is 23.2 Å². The van der Waals surface area contributed by atoms with Gasteiger partial charge in [-0.2, -0.15) is 0 Å². The van der Waals surface area contributed by atoms with Gasteiger partial charge in [-0.15, -0.1) is 11.6 Å². The average molecular weight is 678 g/mol. The molecule has 5 fully saturated rings. The lowest BCUT2D eigenvalue weighted by Crippen LogP contribution is -2.64. The molecule has 3 saturated heterocycles. The van der Waals surface area contributed by atoms with E-state index in [1.54, 1.807) is 4.90 Å². The van der Waals surface area contributed by atoms with E-state index in [4.69, 9.17) is 21.4 Å². The highest BCUT2D eigenvalue weighted by Gasteiger charge is 2.48. The minimum absolute atomic E-state index is 0.0117. The summed E-state index contributed by atoms with van der Waals surface area (Å²) in [6.07, 6.45) is 1.06. The van der Waals surface area contributed by atoms with Crippen molar-refractivity contribution < 1.29 is 39.5 Å². The number of hydrogen-bond acceptors (Lipinski definition) is 11. The van der Waals surface area contributed by atoms with Gasteiger partial charge in [-0.25, -0.2) is 4.39 Å². The van der Waals surface area contributed by atoms with Crippen LogP contribution in [0.25, 0.3) is 0 Å². The van der Waals surface area contributed by atoms with Crippen molar-refractivity contribution in [1.29, 1.82) is 0 Å². The number of nitrogens with zero attached hydrogens (tertiary/aromatic N) is 2. The SMILES string of the molecule is O=C(CC1CCC(OCCC2CCC23CCN(C2NCC(Cl)CN2)CC3)CC1F)N1CC(CNC[C@H](O)[C@@H](O)[C@H](O)[C@H](O)CO)C1. The lowest BCUT2D eigenvalue weighted by molar-refractivity contribution is -0.140. The molecule has 0 radical (unpaired) electrons. The first kappa shape index (κ1) is 36.6. The molecule has 2 saturated carbocycles. The summed E-state index contributed by atoms with van der Waals surface area (Å²) in [5.41, 5.74) is 0.439. The molecule has 4 unspecified atom stereocenters. The van der Waals surface area contributed by atoms with E-state index >= 15 is 4.39 Å². The van der Waals surface area contributed by atoms with Crippen molar-refractivity contribution in [2.45, 2.75) is 106 Å². The normalized spacial score (nSPS) is 34.8. The van der Waals surface area contributed by atoms with Crippen LogP contribution in [0.5, 0.6) is 0 Å². The number of halogens is 2. The predicted octanol–water partition coefficient (Wildman–Crippen LogP) is -0.650. The molecule has 14 heteroatoms. The molecule has 0 aromatic carbocycles. The van der Waals surface area contributed by atoms with Crippen LogP contribution in [-0.4, -0.2) is 155 Å². The van der Waals surface area contributed by atoms with Crippen LogP contribution in [0.1, 0.15) is 57.8 Å². The van der Waals surface area contributed by atoms with Crippen molar-refractivity contribution in [2.24, 2.45) is 23.2 Å². The molecule has 8 atom stereocenters. The van der Waals surface area contributed by atoms with Crippen LogP contribution >= 0.6 is 11.6 Å². The molecule has 46 heavy (non-hydrogen) atoms. The van der Waals surface area contributed by atoms with E-state index in [1.165, 1.54) is 25.7 Å². The van der Waals surface area contributed by atoms with E-state index in [1.807, 2.05) is 0 Å². The van der Waals surface area contributed by atoms with Crippen LogP contribution in [-0.2, 0) is 9.53 Å². The molecule has 1 amide bonds. The lowest BCUT2D eigenvalue weighted by atomic mass is 9.55. The van der Waals surface area contributed by atoms with Crippen LogP contribution in [0.15, 0.2) is 0 Å². The van der Waals surface area contributed by atoms with E-state index in [0.717, 1.165) is 39.0 Å². The van der Waals surface area contributed by atoms with Crippen LogP contribution in [0.2, 0.25) is 0 Å². The Morgan fingerprint density at radius 1 is 1.02 bits per heavy atom. The van der Waals surface area contributed by atoms with Crippen molar-refractivity contribution in [3.8, 4) is 0 Å². The Balaban J connectivity index is 0.914. The number of aliphatic hydroxyl groups is 5. The van der Waals surface area contributed by atoms with Gasteiger partial charge in [0.15, 0.2) is 0 Å². The molecule has 0 aromatic heterocycles. The van der Waals surface area contributed by atoms with E-state index in [-0.39, 0.29) is 48.5 Å². The largest absolute Gasteiger partial charge is 0.394 e. The first-order valence-corrected chi connectivity index (χ1v) is 17.9. The van der Waals surface area contributed by atoms with Gasteiger partial charge in [-0.3, -0.25) is 20.3 Å². The van der Waals surface area contributed by atoms with Crippen molar-refractivity contribution in [3.63, 3.8) is 0 Å². The number of rotatable bonds is 15. The van der Waals surface area contributed by atoms with E-state index in [2.05, 4.69) is 20.9 Å². The van der Waals surface area contributed by atoms with Crippen LogP contribution < -0.4 is 16.0 Å². The molecule has 8 N–H and O–H groups in total. The Kier molecular flexibility index (Phi) is 13.4. The van der Waals surface area contributed by atoms with Gasteiger partial charge in [0.1, 0.15) is 30.8 Å². The second-order valence-corrected chi connectivity index (χ2v) is 15.3. The Morgan fingerprint density at radius 3 is 2.35 bits per heavy atom. The molecule has 0 aromatic rings. The maximum Gasteiger partial charge on any atom is 0.222 e. The highest BCUT2D eigenvalue weighted by atomic mass is 35.5. The Morgan fingerprint density at radius 2 is 1.72 bits per heavy atom. The van der Waals surface area contributed by atoms with Gasteiger partial charge < -0.3 is 40.5 Å². The lowest BCUT2D eigenvalue weighted by Gasteiger charge is -2.55. The number of carbonyl (C=O) groups is 1. The molecule has 3 heterocycles. The third-order valence-electron chi connectivity index (χ3n) is 11.6. The summed E-state index contributed by atoms with van der Waals surface area (Å²) in [5, 5.41) is 58.1.